The molecule has 0 radical (unpaired) electrons. The number of oxazole rings is 1. The van der Waals surface area contributed by atoms with Gasteiger partial charge in [0.1, 0.15) is 17.2 Å². The first-order valence-electron chi connectivity index (χ1n) is 7.77. The number of nitrogens with zero attached hydrogens (tertiary/aromatic N) is 1. The molecule has 0 aliphatic carbocycles. The summed E-state index contributed by atoms with van der Waals surface area (Å²) in [7, 11) is 4.65. The molecule has 1 N–H and O–H groups in total. The predicted octanol–water partition coefficient (Wildman–Crippen LogP) is 3.62. The van der Waals surface area contributed by atoms with Crippen LogP contribution >= 0.6 is 0 Å². The highest BCUT2D eigenvalue weighted by Gasteiger charge is 2.20. The summed E-state index contributed by atoms with van der Waals surface area (Å²) >= 11 is 0. The summed E-state index contributed by atoms with van der Waals surface area (Å²) in [6, 6.07) is 12.3. The van der Waals surface area contributed by atoms with E-state index in [2.05, 4.69) is 10.3 Å². The maximum absolute atomic E-state index is 12.7. The highest BCUT2D eigenvalue weighted by molar-refractivity contribution is 6.07. The molecule has 3 aromatic rings. The van der Waals surface area contributed by atoms with Crippen molar-refractivity contribution in [2.24, 2.45) is 0 Å². The van der Waals surface area contributed by atoms with Crippen LogP contribution in [0.15, 0.2) is 53.3 Å². The maximum Gasteiger partial charge on any atom is 0.278 e. The molecule has 0 bridgehead atoms. The number of nitrogens with one attached hydrogen (secondary N) is 1. The lowest BCUT2D eigenvalue weighted by molar-refractivity contribution is 0.102. The smallest absolute Gasteiger partial charge is 0.278 e. The molecule has 0 saturated heterocycles. The summed E-state index contributed by atoms with van der Waals surface area (Å²) < 4.78 is 21.1. The fourth-order valence-electron chi connectivity index (χ4n) is 2.46. The Morgan fingerprint density at radius 1 is 1.00 bits per heavy atom. The van der Waals surface area contributed by atoms with E-state index in [9.17, 15) is 4.79 Å². The Kier molecular flexibility index (Phi) is 5.07. The summed E-state index contributed by atoms with van der Waals surface area (Å²) in [6.45, 7) is 0. The van der Waals surface area contributed by atoms with Crippen LogP contribution in [-0.2, 0) is 0 Å². The molecule has 26 heavy (non-hydrogen) atoms. The molecule has 0 unspecified atom stereocenters. The van der Waals surface area contributed by atoms with Crippen molar-refractivity contribution in [3.63, 3.8) is 0 Å². The first-order chi connectivity index (χ1) is 12.7. The number of ether oxygens (including phenoxy) is 3. The fraction of sp³-hybridized carbons (Fsp3) is 0.158. The zero-order valence-corrected chi connectivity index (χ0v) is 14.6. The van der Waals surface area contributed by atoms with Gasteiger partial charge < -0.3 is 23.9 Å². The summed E-state index contributed by atoms with van der Waals surface area (Å²) in [5.41, 5.74) is 1.35. The minimum absolute atomic E-state index is 0.163. The molecule has 1 aromatic heterocycles. The molecule has 0 aliphatic rings. The van der Waals surface area contributed by atoms with Crippen LogP contribution in [-0.4, -0.2) is 32.2 Å². The largest absolute Gasteiger partial charge is 0.497 e. The third-order valence-corrected chi connectivity index (χ3v) is 3.77. The number of hydrogen-bond donors (Lipinski definition) is 1. The SMILES string of the molecule is COc1cccc(-c2ocnc2C(=O)Nc2ccc(OC)cc2OC)c1. The van der Waals surface area contributed by atoms with Crippen LogP contribution in [0.25, 0.3) is 11.3 Å². The van der Waals surface area contributed by atoms with E-state index < -0.39 is 5.91 Å². The Balaban J connectivity index is 1.89. The lowest BCUT2D eigenvalue weighted by atomic mass is 10.1. The molecule has 0 aliphatic heterocycles. The van der Waals surface area contributed by atoms with Gasteiger partial charge in [-0.1, -0.05) is 12.1 Å². The van der Waals surface area contributed by atoms with E-state index in [-0.39, 0.29) is 5.69 Å². The fourth-order valence-corrected chi connectivity index (χ4v) is 2.46. The van der Waals surface area contributed by atoms with Crippen LogP contribution < -0.4 is 19.5 Å². The predicted molar refractivity (Wildman–Crippen MR) is 96.0 cm³/mol. The zero-order valence-electron chi connectivity index (χ0n) is 14.6. The minimum atomic E-state index is -0.417. The number of benzene rings is 2. The maximum atomic E-state index is 12.7. The number of hydrogen-bond acceptors (Lipinski definition) is 6. The van der Waals surface area contributed by atoms with Crippen molar-refractivity contribution in [1.29, 1.82) is 0 Å². The van der Waals surface area contributed by atoms with Crippen molar-refractivity contribution in [3.8, 4) is 28.6 Å². The van der Waals surface area contributed by atoms with Gasteiger partial charge in [-0.15, -0.1) is 0 Å². The van der Waals surface area contributed by atoms with E-state index in [1.165, 1.54) is 13.5 Å². The van der Waals surface area contributed by atoms with E-state index in [1.54, 1.807) is 38.5 Å². The van der Waals surface area contributed by atoms with Crippen molar-refractivity contribution < 1.29 is 23.4 Å². The van der Waals surface area contributed by atoms with Crippen molar-refractivity contribution in [3.05, 3.63) is 54.6 Å². The number of amides is 1. The van der Waals surface area contributed by atoms with Gasteiger partial charge in [0.2, 0.25) is 0 Å². The summed E-state index contributed by atoms with van der Waals surface area (Å²) in [5.74, 6) is 1.69. The van der Waals surface area contributed by atoms with E-state index in [0.717, 1.165) is 0 Å². The van der Waals surface area contributed by atoms with Crippen molar-refractivity contribution in [2.45, 2.75) is 0 Å². The van der Waals surface area contributed by atoms with Crippen LogP contribution in [0.4, 0.5) is 5.69 Å². The Hall–Kier alpha value is -3.48. The van der Waals surface area contributed by atoms with Crippen LogP contribution in [0.3, 0.4) is 0 Å². The molecular formula is C19H18N2O5. The number of methoxy groups -OCH3 is 3. The first kappa shape index (κ1) is 17.3. The van der Waals surface area contributed by atoms with E-state index in [1.807, 2.05) is 18.2 Å². The highest BCUT2D eigenvalue weighted by atomic mass is 16.5. The molecule has 7 heteroatoms. The van der Waals surface area contributed by atoms with Crippen molar-refractivity contribution >= 4 is 11.6 Å². The standard InChI is InChI=1S/C19H18N2O5/c1-23-13-6-4-5-12(9-13)18-17(20-11-26-18)19(22)21-15-8-7-14(24-2)10-16(15)25-3/h4-11H,1-3H3,(H,21,22). The van der Waals surface area contributed by atoms with Crippen LogP contribution in [0.2, 0.25) is 0 Å². The van der Waals surface area contributed by atoms with Gasteiger partial charge in [0.15, 0.2) is 17.8 Å². The molecule has 134 valence electrons. The number of aromatic nitrogens is 1. The molecule has 1 amide bonds. The molecule has 1 heterocycles. The average Bonchev–Trinajstić information content (AvgIpc) is 3.18. The third-order valence-electron chi connectivity index (χ3n) is 3.77. The number of carbonyl (C=O) groups is 1. The second kappa shape index (κ2) is 7.60. The Morgan fingerprint density at radius 2 is 1.77 bits per heavy atom. The van der Waals surface area contributed by atoms with E-state index in [0.29, 0.717) is 34.3 Å². The van der Waals surface area contributed by atoms with Crippen LogP contribution in [0.1, 0.15) is 10.5 Å². The molecular weight excluding hydrogens is 336 g/mol. The summed E-state index contributed by atoms with van der Waals surface area (Å²) in [6.07, 6.45) is 1.23. The van der Waals surface area contributed by atoms with Gasteiger partial charge in [-0.25, -0.2) is 4.98 Å². The minimum Gasteiger partial charge on any atom is -0.497 e. The van der Waals surface area contributed by atoms with Gasteiger partial charge in [0, 0.05) is 11.6 Å². The van der Waals surface area contributed by atoms with E-state index >= 15 is 0 Å². The van der Waals surface area contributed by atoms with Crippen molar-refractivity contribution in [2.75, 3.05) is 26.6 Å². The topological polar surface area (TPSA) is 82.8 Å². The number of rotatable bonds is 6. The molecule has 3 rings (SSSR count). The average molecular weight is 354 g/mol. The zero-order chi connectivity index (χ0) is 18.5. The van der Waals surface area contributed by atoms with Crippen LogP contribution in [0, 0.1) is 0 Å². The highest BCUT2D eigenvalue weighted by Crippen LogP contribution is 2.31. The molecule has 0 saturated carbocycles. The Morgan fingerprint density at radius 3 is 2.50 bits per heavy atom. The van der Waals surface area contributed by atoms with Gasteiger partial charge in [0.05, 0.1) is 27.0 Å². The quantitative estimate of drug-likeness (QED) is 0.728. The van der Waals surface area contributed by atoms with Crippen molar-refractivity contribution in [1.82, 2.24) is 4.98 Å². The second-order valence-electron chi connectivity index (χ2n) is 5.28. The van der Waals surface area contributed by atoms with Crippen LogP contribution in [0.5, 0.6) is 17.2 Å². The Bertz CT molecular complexity index is 920. The Labute approximate surface area is 150 Å². The number of anilines is 1. The van der Waals surface area contributed by atoms with Gasteiger partial charge in [-0.3, -0.25) is 4.79 Å². The normalized spacial score (nSPS) is 10.3. The van der Waals surface area contributed by atoms with Gasteiger partial charge in [-0.05, 0) is 24.3 Å². The second-order valence-corrected chi connectivity index (χ2v) is 5.28. The van der Waals surface area contributed by atoms with Gasteiger partial charge in [-0.2, -0.15) is 0 Å². The molecule has 0 spiro atoms. The first-order valence-corrected chi connectivity index (χ1v) is 7.77. The molecule has 2 aromatic carbocycles. The summed E-state index contributed by atoms with van der Waals surface area (Å²) in [5, 5.41) is 2.78. The van der Waals surface area contributed by atoms with Gasteiger partial charge >= 0.3 is 0 Å². The lowest BCUT2D eigenvalue weighted by Gasteiger charge is -2.11. The monoisotopic (exact) mass is 354 g/mol. The van der Waals surface area contributed by atoms with E-state index in [4.69, 9.17) is 18.6 Å². The third kappa shape index (κ3) is 3.46. The molecule has 0 fully saturated rings. The molecule has 0 atom stereocenters. The van der Waals surface area contributed by atoms with Gasteiger partial charge in [0.25, 0.3) is 5.91 Å². The number of carbonyl (C=O) groups excluding carboxylic acids is 1. The lowest BCUT2D eigenvalue weighted by Crippen LogP contribution is -2.14. The summed E-state index contributed by atoms with van der Waals surface area (Å²) in [4.78, 5) is 16.7. The molecule has 7 nitrogen and oxygen atoms in total.